The van der Waals surface area contributed by atoms with E-state index in [2.05, 4.69) is 4.74 Å². The Morgan fingerprint density at radius 1 is 0.906 bits per heavy atom. The van der Waals surface area contributed by atoms with Gasteiger partial charge in [0.2, 0.25) is 0 Å². The van der Waals surface area contributed by atoms with Crippen molar-refractivity contribution in [2.45, 2.75) is 12.1 Å². The summed E-state index contributed by atoms with van der Waals surface area (Å²) in [4.78, 5) is 15.8. The van der Waals surface area contributed by atoms with Crippen LogP contribution in [0.5, 0.6) is 5.75 Å². The van der Waals surface area contributed by atoms with Gasteiger partial charge in [0.1, 0.15) is 5.75 Å². The van der Waals surface area contributed by atoms with Gasteiger partial charge in [0, 0.05) is 27.0 Å². The summed E-state index contributed by atoms with van der Waals surface area (Å²) in [5.41, 5.74) is -1.20. The molecule has 1 unspecified atom stereocenters. The number of anilines is 2. The fourth-order valence-electron chi connectivity index (χ4n) is 3.54. The third-order valence-corrected chi connectivity index (χ3v) is 5.43. The zero-order chi connectivity index (χ0) is 23.1. The Hall–Kier alpha value is -2.94. The van der Waals surface area contributed by atoms with Crippen molar-refractivity contribution in [2.24, 2.45) is 0 Å². The highest BCUT2D eigenvalue weighted by atomic mass is 35.5. The summed E-state index contributed by atoms with van der Waals surface area (Å²) in [6, 6.07) is 16.8. The molecule has 166 valence electrons. The lowest BCUT2D eigenvalue weighted by atomic mass is 10.0. The number of urea groups is 1. The highest BCUT2D eigenvalue weighted by Crippen LogP contribution is 2.41. The number of ether oxygens (including phenoxy) is 1. The van der Waals surface area contributed by atoms with Crippen LogP contribution in [0.4, 0.5) is 29.3 Å². The molecule has 1 saturated heterocycles. The number of carbonyl (C=O) groups excluding carboxylic acids is 1. The standard InChI is InChI=1S/C22H15Cl2F3N2O3/c23-15-4-8-17(9-5-15)28-13-21(31,14-2-1-3-19(12-14)32-22(25,26)27)29(20(28)30)18-10-6-16(24)7-11-18/h1-12,31H,13H2. The van der Waals surface area contributed by atoms with Crippen LogP contribution in [-0.4, -0.2) is 24.0 Å². The molecule has 1 aliphatic rings. The molecule has 3 aromatic rings. The van der Waals surface area contributed by atoms with Gasteiger partial charge in [-0.15, -0.1) is 13.2 Å². The predicted octanol–water partition coefficient (Wildman–Crippen LogP) is 6.18. The molecule has 1 aliphatic heterocycles. The van der Waals surface area contributed by atoms with E-state index in [1.165, 1.54) is 29.2 Å². The molecule has 1 N–H and O–H groups in total. The molecule has 5 nitrogen and oxygen atoms in total. The van der Waals surface area contributed by atoms with E-state index in [0.29, 0.717) is 21.4 Å². The van der Waals surface area contributed by atoms with Crippen LogP contribution in [0.25, 0.3) is 0 Å². The maximum absolute atomic E-state index is 13.4. The van der Waals surface area contributed by atoms with Crippen LogP contribution in [0.1, 0.15) is 5.56 Å². The predicted molar refractivity (Wildman–Crippen MR) is 115 cm³/mol. The van der Waals surface area contributed by atoms with Gasteiger partial charge in [0.15, 0.2) is 5.72 Å². The summed E-state index contributed by atoms with van der Waals surface area (Å²) in [7, 11) is 0. The SMILES string of the molecule is O=C1N(c2ccc(Cl)cc2)CC(O)(c2cccc(OC(F)(F)F)c2)N1c1ccc(Cl)cc1. The first-order valence-corrected chi connectivity index (χ1v) is 10.0. The average Bonchev–Trinajstić information content (AvgIpc) is 3.00. The van der Waals surface area contributed by atoms with Crippen LogP contribution in [0, 0.1) is 0 Å². The first kappa shape index (κ1) is 22.3. The Morgan fingerprint density at radius 3 is 2.03 bits per heavy atom. The number of aliphatic hydroxyl groups is 1. The zero-order valence-electron chi connectivity index (χ0n) is 16.2. The molecule has 3 aromatic carbocycles. The van der Waals surface area contributed by atoms with Crippen molar-refractivity contribution in [3.8, 4) is 5.75 Å². The number of alkyl halides is 3. The van der Waals surface area contributed by atoms with E-state index < -0.39 is 23.9 Å². The molecule has 0 radical (unpaired) electrons. The number of rotatable bonds is 4. The lowest BCUT2D eigenvalue weighted by Gasteiger charge is -2.32. The van der Waals surface area contributed by atoms with E-state index in [4.69, 9.17) is 23.2 Å². The molecule has 1 atom stereocenters. The third-order valence-electron chi connectivity index (χ3n) is 4.92. The van der Waals surface area contributed by atoms with Crippen LogP contribution in [0.2, 0.25) is 10.0 Å². The molecule has 10 heteroatoms. The second-order valence-electron chi connectivity index (χ2n) is 7.05. The van der Waals surface area contributed by atoms with Gasteiger partial charge in [-0.2, -0.15) is 0 Å². The first-order chi connectivity index (χ1) is 15.1. The van der Waals surface area contributed by atoms with Gasteiger partial charge in [-0.05, 0) is 60.7 Å². The van der Waals surface area contributed by atoms with Crippen molar-refractivity contribution in [1.29, 1.82) is 0 Å². The van der Waals surface area contributed by atoms with Crippen molar-refractivity contribution < 1.29 is 27.8 Å². The Bertz CT molecular complexity index is 1140. The summed E-state index contributed by atoms with van der Waals surface area (Å²) in [6.07, 6.45) is -4.90. The van der Waals surface area contributed by atoms with Crippen LogP contribution in [-0.2, 0) is 5.72 Å². The van der Waals surface area contributed by atoms with Crippen LogP contribution < -0.4 is 14.5 Å². The van der Waals surface area contributed by atoms with E-state index in [1.807, 2.05) is 0 Å². The zero-order valence-corrected chi connectivity index (χ0v) is 17.7. The normalized spacial score (nSPS) is 18.9. The Morgan fingerprint density at radius 2 is 1.47 bits per heavy atom. The molecule has 4 rings (SSSR count). The van der Waals surface area contributed by atoms with E-state index in [1.54, 1.807) is 36.4 Å². The fraction of sp³-hybridized carbons (Fsp3) is 0.136. The van der Waals surface area contributed by atoms with E-state index in [-0.39, 0.29) is 12.1 Å². The number of β-amino-alcohol motifs (C(OH)–C–C–N with tert-alkyl or cyclic N) is 1. The fourth-order valence-corrected chi connectivity index (χ4v) is 3.79. The average molecular weight is 483 g/mol. The topological polar surface area (TPSA) is 53.0 Å². The minimum Gasteiger partial charge on any atom is -0.406 e. The first-order valence-electron chi connectivity index (χ1n) is 9.28. The molecule has 0 saturated carbocycles. The number of halogens is 5. The lowest BCUT2D eigenvalue weighted by molar-refractivity contribution is -0.274. The van der Waals surface area contributed by atoms with E-state index in [9.17, 15) is 23.1 Å². The minimum absolute atomic E-state index is 0.0408. The highest BCUT2D eigenvalue weighted by molar-refractivity contribution is 6.31. The molecule has 32 heavy (non-hydrogen) atoms. The van der Waals surface area contributed by atoms with Crippen molar-refractivity contribution >= 4 is 40.6 Å². The molecule has 0 aromatic heterocycles. The number of carbonyl (C=O) groups is 1. The highest BCUT2D eigenvalue weighted by Gasteiger charge is 2.51. The van der Waals surface area contributed by atoms with Crippen LogP contribution in [0.15, 0.2) is 72.8 Å². The van der Waals surface area contributed by atoms with Gasteiger partial charge < -0.3 is 9.84 Å². The van der Waals surface area contributed by atoms with E-state index >= 15 is 0 Å². The molecular weight excluding hydrogens is 468 g/mol. The molecule has 0 bridgehead atoms. The van der Waals surface area contributed by atoms with Gasteiger partial charge in [-0.25, -0.2) is 4.79 Å². The summed E-state index contributed by atoms with van der Waals surface area (Å²) in [5, 5.41) is 12.6. The van der Waals surface area contributed by atoms with Crippen molar-refractivity contribution in [1.82, 2.24) is 0 Å². The number of hydrogen-bond acceptors (Lipinski definition) is 3. The van der Waals surface area contributed by atoms with Crippen LogP contribution >= 0.6 is 23.2 Å². The lowest BCUT2D eigenvalue weighted by Crippen LogP contribution is -2.44. The third kappa shape index (κ3) is 4.34. The summed E-state index contributed by atoms with van der Waals surface area (Å²) >= 11 is 11.9. The van der Waals surface area contributed by atoms with E-state index in [0.717, 1.165) is 17.0 Å². The quantitative estimate of drug-likeness (QED) is 0.482. The molecule has 0 aliphatic carbocycles. The Kier molecular flexibility index (Phi) is 5.70. The minimum atomic E-state index is -4.90. The van der Waals surface area contributed by atoms with Gasteiger partial charge in [-0.1, -0.05) is 35.3 Å². The summed E-state index contributed by atoms with van der Waals surface area (Å²) in [5.74, 6) is -0.517. The number of benzene rings is 3. The van der Waals surface area contributed by atoms with Crippen molar-refractivity contribution in [3.63, 3.8) is 0 Å². The number of hydrogen-bond donors (Lipinski definition) is 1. The van der Waals surface area contributed by atoms with Crippen LogP contribution in [0.3, 0.4) is 0 Å². The van der Waals surface area contributed by atoms with Crippen molar-refractivity contribution in [3.05, 3.63) is 88.4 Å². The molecule has 0 spiro atoms. The maximum Gasteiger partial charge on any atom is 0.573 e. The van der Waals surface area contributed by atoms with Crippen molar-refractivity contribution in [2.75, 3.05) is 16.3 Å². The second kappa shape index (κ2) is 8.20. The smallest absolute Gasteiger partial charge is 0.406 e. The molecule has 1 fully saturated rings. The Labute approximate surface area is 191 Å². The second-order valence-corrected chi connectivity index (χ2v) is 7.92. The molecular formula is C22H15Cl2F3N2O3. The largest absolute Gasteiger partial charge is 0.573 e. The summed E-state index contributed by atoms with van der Waals surface area (Å²) in [6.45, 7) is -0.258. The van der Waals surface area contributed by atoms with Gasteiger partial charge in [0.05, 0.1) is 6.54 Å². The molecule has 1 heterocycles. The summed E-state index contributed by atoms with van der Waals surface area (Å²) < 4.78 is 42.2. The van der Waals surface area contributed by atoms with Gasteiger partial charge in [0.25, 0.3) is 0 Å². The maximum atomic E-state index is 13.4. The Balaban J connectivity index is 1.81. The van der Waals surface area contributed by atoms with Gasteiger partial charge >= 0.3 is 12.4 Å². The number of amides is 2. The van der Waals surface area contributed by atoms with Gasteiger partial charge in [-0.3, -0.25) is 9.80 Å². The molecule has 2 amide bonds. The number of nitrogens with zero attached hydrogens (tertiary/aromatic N) is 2. The monoisotopic (exact) mass is 482 g/mol.